The zero-order valence-electron chi connectivity index (χ0n) is 17.4. The van der Waals surface area contributed by atoms with E-state index in [1.54, 1.807) is 7.11 Å². The molecule has 1 aliphatic rings. The van der Waals surface area contributed by atoms with Crippen molar-refractivity contribution in [3.05, 3.63) is 84.2 Å². The van der Waals surface area contributed by atoms with Gasteiger partial charge in [-0.1, -0.05) is 48.5 Å². The molecule has 0 saturated carbocycles. The normalized spacial score (nSPS) is 16.3. The Bertz CT molecular complexity index is 932. The molecule has 4 rings (SSSR count). The minimum absolute atomic E-state index is 0.0188. The number of tetrazole rings is 1. The fourth-order valence-corrected chi connectivity index (χ4v) is 3.97. The van der Waals surface area contributed by atoms with Crippen LogP contribution in [-0.4, -0.2) is 69.8 Å². The largest absolute Gasteiger partial charge is 0.497 e. The lowest BCUT2D eigenvalue weighted by Gasteiger charge is -2.38. The predicted molar refractivity (Wildman–Crippen MR) is 116 cm³/mol. The van der Waals surface area contributed by atoms with Crippen LogP contribution in [0.15, 0.2) is 67.3 Å². The number of hydrogen-bond acceptors (Lipinski definition) is 6. The third kappa shape index (κ3) is 4.58. The van der Waals surface area contributed by atoms with Crippen molar-refractivity contribution in [3.63, 3.8) is 0 Å². The van der Waals surface area contributed by atoms with Crippen LogP contribution in [0.25, 0.3) is 0 Å². The molecule has 2 aromatic carbocycles. The van der Waals surface area contributed by atoms with E-state index in [1.165, 1.54) is 5.56 Å². The lowest BCUT2D eigenvalue weighted by atomic mass is 10.0. The number of rotatable bonds is 8. The molecule has 7 nitrogen and oxygen atoms in total. The molecular formula is C23H28N6O. The van der Waals surface area contributed by atoms with E-state index < -0.39 is 0 Å². The van der Waals surface area contributed by atoms with Gasteiger partial charge in [-0.25, -0.2) is 4.68 Å². The number of hydrogen-bond donors (Lipinski definition) is 0. The molecule has 156 valence electrons. The second kappa shape index (κ2) is 9.65. The molecular weight excluding hydrogens is 376 g/mol. The highest BCUT2D eigenvalue weighted by molar-refractivity contribution is 5.28. The highest BCUT2D eigenvalue weighted by Crippen LogP contribution is 2.28. The summed E-state index contributed by atoms with van der Waals surface area (Å²) in [7, 11) is 1.67. The van der Waals surface area contributed by atoms with Crippen LogP contribution in [0.4, 0.5) is 0 Å². The molecule has 1 atom stereocenters. The van der Waals surface area contributed by atoms with Gasteiger partial charge < -0.3 is 4.74 Å². The quantitative estimate of drug-likeness (QED) is 0.538. The maximum Gasteiger partial charge on any atom is 0.173 e. The van der Waals surface area contributed by atoms with E-state index in [1.807, 2.05) is 29.0 Å². The fraction of sp³-hybridized carbons (Fsp3) is 0.348. The number of aromatic nitrogens is 4. The van der Waals surface area contributed by atoms with E-state index in [0.717, 1.165) is 49.9 Å². The summed E-state index contributed by atoms with van der Waals surface area (Å²) in [6.45, 7) is 9.35. The van der Waals surface area contributed by atoms with Crippen molar-refractivity contribution in [1.82, 2.24) is 30.0 Å². The summed E-state index contributed by atoms with van der Waals surface area (Å²) in [5.74, 6) is 1.71. The zero-order valence-corrected chi connectivity index (χ0v) is 17.4. The molecule has 0 N–H and O–H groups in total. The van der Waals surface area contributed by atoms with Gasteiger partial charge in [0.2, 0.25) is 0 Å². The van der Waals surface area contributed by atoms with E-state index in [4.69, 9.17) is 4.74 Å². The fourth-order valence-electron chi connectivity index (χ4n) is 3.97. The van der Waals surface area contributed by atoms with Crippen molar-refractivity contribution in [2.45, 2.75) is 12.6 Å². The molecule has 0 amide bonds. The Morgan fingerprint density at radius 1 is 1.03 bits per heavy atom. The molecule has 1 aliphatic heterocycles. The Kier molecular flexibility index (Phi) is 6.51. The van der Waals surface area contributed by atoms with Crippen molar-refractivity contribution in [2.24, 2.45) is 0 Å². The van der Waals surface area contributed by atoms with E-state index in [9.17, 15) is 0 Å². The van der Waals surface area contributed by atoms with Crippen LogP contribution >= 0.6 is 0 Å². The number of methoxy groups -OCH3 is 1. The van der Waals surface area contributed by atoms with Gasteiger partial charge in [0.1, 0.15) is 5.75 Å². The van der Waals surface area contributed by atoms with Gasteiger partial charge in [-0.2, -0.15) is 0 Å². The van der Waals surface area contributed by atoms with Crippen LogP contribution in [0.1, 0.15) is 23.0 Å². The average Bonchev–Trinajstić information content (AvgIpc) is 3.24. The summed E-state index contributed by atoms with van der Waals surface area (Å²) in [5, 5.41) is 12.8. The third-order valence-corrected chi connectivity index (χ3v) is 5.57. The third-order valence-electron chi connectivity index (χ3n) is 5.57. The molecule has 1 fully saturated rings. The number of nitrogens with zero attached hydrogens (tertiary/aromatic N) is 6. The molecule has 1 saturated heterocycles. The summed E-state index contributed by atoms with van der Waals surface area (Å²) < 4.78 is 7.18. The molecule has 0 bridgehead atoms. The maximum absolute atomic E-state index is 5.27. The molecule has 0 aliphatic carbocycles. The van der Waals surface area contributed by atoms with Gasteiger partial charge in [0, 0.05) is 32.7 Å². The van der Waals surface area contributed by atoms with Gasteiger partial charge in [-0.3, -0.25) is 9.80 Å². The van der Waals surface area contributed by atoms with Crippen molar-refractivity contribution in [3.8, 4) is 5.75 Å². The molecule has 0 radical (unpaired) electrons. The molecule has 0 spiro atoms. The van der Waals surface area contributed by atoms with Gasteiger partial charge in [0.15, 0.2) is 5.82 Å². The lowest BCUT2D eigenvalue weighted by Crippen LogP contribution is -2.48. The van der Waals surface area contributed by atoms with Gasteiger partial charge >= 0.3 is 0 Å². The molecule has 30 heavy (non-hydrogen) atoms. The summed E-state index contributed by atoms with van der Waals surface area (Å²) in [6.07, 6.45) is 1.97. The monoisotopic (exact) mass is 404 g/mol. The van der Waals surface area contributed by atoms with Crippen LogP contribution in [0.3, 0.4) is 0 Å². The van der Waals surface area contributed by atoms with Crippen LogP contribution in [0, 0.1) is 0 Å². The number of piperazine rings is 1. The van der Waals surface area contributed by atoms with Gasteiger partial charge in [0.05, 0.1) is 19.7 Å². The number of benzene rings is 2. The van der Waals surface area contributed by atoms with E-state index in [0.29, 0.717) is 6.54 Å². The minimum Gasteiger partial charge on any atom is -0.497 e. The molecule has 7 heteroatoms. The standard InChI is InChI=1S/C23H28N6O/c1-3-13-27-14-16-28(17-15-27)22(20-7-5-4-6-8-20)23-24-25-26-29(23)18-19-9-11-21(30-2)12-10-19/h3-12,22H,1,13-18H2,2H3/t22-/m1/s1. The Balaban J connectivity index is 1.60. The van der Waals surface area contributed by atoms with Gasteiger partial charge in [-0.15, -0.1) is 11.7 Å². The molecule has 3 aromatic rings. The Morgan fingerprint density at radius 2 is 1.77 bits per heavy atom. The zero-order chi connectivity index (χ0) is 20.8. The summed E-state index contributed by atoms with van der Waals surface area (Å²) in [4.78, 5) is 4.90. The van der Waals surface area contributed by atoms with Gasteiger partial charge in [0.25, 0.3) is 0 Å². The van der Waals surface area contributed by atoms with Crippen molar-refractivity contribution >= 4 is 0 Å². The Hall–Kier alpha value is -3.03. The SMILES string of the molecule is C=CCN1CCN([C@H](c2ccccc2)c2nnnn2Cc2ccc(OC)cc2)CC1. The maximum atomic E-state index is 5.27. The van der Waals surface area contributed by atoms with Crippen LogP contribution < -0.4 is 4.74 Å². The topological polar surface area (TPSA) is 59.3 Å². The minimum atomic E-state index is 0.0188. The Labute approximate surface area is 177 Å². The molecule has 1 aromatic heterocycles. The van der Waals surface area contributed by atoms with Crippen molar-refractivity contribution in [1.29, 1.82) is 0 Å². The van der Waals surface area contributed by atoms with E-state index in [2.05, 4.69) is 68.3 Å². The summed E-state index contributed by atoms with van der Waals surface area (Å²) in [6, 6.07) is 18.6. The average molecular weight is 405 g/mol. The first-order valence-corrected chi connectivity index (χ1v) is 10.3. The summed E-state index contributed by atoms with van der Waals surface area (Å²) >= 11 is 0. The predicted octanol–water partition coefficient (Wildman–Crippen LogP) is 2.62. The van der Waals surface area contributed by atoms with Gasteiger partial charge in [-0.05, 0) is 33.7 Å². The van der Waals surface area contributed by atoms with E-state index in [-0.39, 0.29) is 6.04 Å². The first kappa shape index (κ1) is 20.3. The van der Waals surface area contributed by atoms with Crippen LogP contribution in [-0.2, 0) is 6.54 Å². The highest BCUT2D eigenvalue weighted by atomic mass is 16.5. The smallest absolute Gasteiger partial charge is 0.173 e. The molecule has 2 heterocycles. The molecule has 0 unspecified atom stereocenters. The van der Waals surface area contributed by atoms with E-state index >= 15 is 0 Å². The summed E-state index contributed by atoms with van der Waals surface area (Å²) in [5.41, 5.74) is 2.34. The van der Waals surface area contributed by atoms with Crippen LogP contribution in [0.2, 0.25) is 0 Å². The first-order chi connectivity index (χ1) is 14.8. The Morgan fingerprint density at radius 3 is 2.43 bits per heavy atom. The lowest BCUT2D eigenvalue weighted by molar-refractivity contribution is 0.112. The second-order valence-electron chi connectivity index (χ2n) is 7.48. The second-order valence-corrected chi connectivity index (χ2v) is 7.48. The highest BCUT2D eigenvalue weighted by Gasteiger charge is 2.30. The van der Waals surface area contributed by atoms with Crippen molar-refractivity contribution < 1.29 is 4.74 Å². The number of ether oxygens (including phenoxy) is 1. The van der Waals surface area contributed by atoms with Crippen LogP contribution in [0.5, 0.6) is 5.75 Å². The van der Waals surface area contributed by atoms with Crippen molar-refractivity contribution in [2.75, 3.05) is 39.8 Å². The first-order valence-electron chi connectivity index (χ1n) is 10.3.